The third kappa shape index (κ3) is 4.13. The summed E-state index contributed by atoms with van der Waals surface area (Å²) in [7, 11) is 1.69. The average molecular weight is 490 g/mol. The van der Waals surface area contributed by atoms with Gasteiger partial charge >= 0.3 is 0 Å². The SMILES string of the molecule is CNOc1c(C)oc2cc(Oc3ccnn4cc(C(=O)N5CC(CC(N)=NC=N)C5)c(C)c34)ccc12. The van der Waals surface area contributed by atoms with Crippen LogP contribution in [0.5, 0.6) is 17.2 Å². The number of aryl methyl sites for hydroxylation is 2. The summed E-state index contributed by atoms with van der Waals surface area (Å²) in [4.78, 5) is 24.2. The first-order valence-corrected chi connectivity index (χ1v) is 11.5. The number of furan rings is 1. The smallest absolute Gasteiger partial charge is 0.255 e. The van der Waals surface area contributed by atoms with Crippen LogP contribution in [0.25, 0.3) is 16.5 Å². The van der Waals surface area contributed by atoms with Crippen molar-refractivity contribution in [1.82, 2.24) is 20.0 Å². The standard InChI is InChI=1S/C25H27N7O4/c1-14-19(25(33)31-10-16(11-31)8-22(27)29-13-26)12-32-23(14)20(6-7-30-32)35-17-4-5-18-21(9-17)34-15(2)24(18)36-28-3/h4-7,9,12-13,16,28H,8,10-11H2,1-3H3,(H3,26,27,29). The summed E-state index contributed by atoms with van der Waals surface area (Å²) in [6.07, 6.45) is 4.87. The van der Waals surface area contributed by atoms with Crippen molar-refractivity contribution in [3.8, 4) is 17.2 Å². The molecule has 0 atom stereocenters. The number of rotatable bonds is 8. The van der Waals surface area contributed by atoms with Crippen LogP contribution >= 0.6 is 0 Å². The van der Waals surface area contributed by atoms with E-state index in [1.165, 1.54) is 0 Å². The molecule has 4 N–H and O–H groups in total. The van der Waals surface area contributed by atoms with Crippen LogP contribution in [-0.4, -0.2) is 52.7 Å². The van der Waals surface area contributed by atoms with E-state index in [1.54, 1.807) is 41.0 Å². The van der Waals surface area contributed by atoms with Crippen molar-refractivity contribution in [3.63, 3.8) is 0 Å². The molecular formula is C25H27N7O4. The summed E-state index contributed by atoms with van der Waals surface area (Å²) in [6.45, 7) is 4.92. The Morgan fingerprint density at radius 3 is 2.92 bits per heavy atom. The first-order valence-electron chi connectivity index (χ1n) is 11.5. The van der Waals surface area contributed by atoms with E-state index in [0.29, 0.717) is 59.5 Å². The molecule has 1 fully saturated rings. The number of carbonyl (C=O) groups is 1. The lowest BCUT2D eigenvalue weighted by molar-refractivity contribution is 0.0511. The van der Waals surface area contributed by atoms with E-state index in [0.717, 1.165) is 22.8 Å². The first-order chi connectivity index (χ1) is 17.4. The number of amides is 1. The number of fused-ring (bicyclic) bond motifs is 2. The van der Waals surface area contributed by atoms with Crippen molar-refractivity contribution in [2.24, 2.45) is 16.6 Å². The number of benzene rings is 1. The zero-order chi connectivity index (χ0) is 25.4. The highest BCUT2D eigenvalue weighted by Crippen LogP contribution is 2.37. The summed E-state index contributed by atoms with van der Waals surface area (Å²) < 4.78 is 13.7. The summed E-state index contributed by atoms with van der Waals surface area (Å²) in [6, 6.07) is 7.30. The number of hydroxylamine groups is 1. The lowest BCUT2D eigenvalue weighted by Gasteiger charge is -2.39. The predicted octanol–water partition coefficient (Wildman–Crippen LogP) is 3.43. The number of aliphatic imine (C=N–C) groups is 1. The normalized spacial score (nSPS) is 14.3. The van der Waals surface area contributed by atoms with Gasteiger partial charge in [0, 0.05) is 50.8 Å². The Labute approximate surface area is 206 Å². The summed E-state index contributed by atoms with van der Waals surface area (Å²) in [5.74, 6) is 3.04. The minimum atomic E-state index is -0.0627. The van der Waals surface area contributed by atoms with Gasteiger partial charge in [0.05, 0.1) is 17.1 Å². The molecular weight excluding hydrogens is 462 g/mol. The Hall–Kier alpha value is -4.38. The minimum Gasteiger partial charge on any atom is -0.457 e. The second-order valence-electron chi connectivity index (χ2n) is 8.74. The molecule has 1 aliphatic heterocycles. The molecule has 0 aliphatic carbocycles. The van der Waals surface area contributed by atoms with E-state index in [-0.39, 0.29) is 11.8 Å². The molecule has 4 heterocycles. The van der Waals surface area contributed by atoms with Gasteiger partial charge in [0.1, 0.15) is 34.8 Å². The first kappa shape index (κ1) is 23.4. The van der Waals surface area contributed by atoms with Gasteiger partial charge in [-0.1, -0.05) is 0 Å². The highest BCUT2D eigenvalue weighted by Gasteiger charge is 2.33. The van der Waals surface area contributed by atoms with E-state index < -0.39 is 0 Å². The summed E-state index contributed by atoms with van der Waals surface area (Å²) >= 11 is 0. The maximum atomic E-state index is 13.2. The fraction of sp³-hybridized carbons (Fsp3) is 0.280. The number of amidine groups is 1. The van der Waals surface area contributed by atoms with Gasteiger partial charge in [0.15, 0.2) is 11.5 Å². The number of hydrogen-bond acceptors (Lipinski definition) is 7. The fourth-order valence-corrected chi connectivity index (χ4v) is 4.58. The van der Waals surface area contributed by atoms with Crippen LogP contribution in [0.4, 0.5) is 0 Å². The number of nitrogens with zero attached hydrogens (tertiary/aromatic N) is 4. The molecule has 0 radical (unpaired) electrons. The second-order valence-corrected chi connectivity index (χ2v) is 8.74. The van der Waals surface area contributed by atoms with Crippen LogP contribution < -0.4 is 20.8 Å². The molecule has 1 aliphatic rings. The molecule has 0 saturated carbocycles. The Morgan fingerprint density at radius 1 is 1.36 bits per heavy atom. The van der Waals surface area contributed by atoms with Crippen molar-refractivity contribution in [2.45, 2.75) is 20.3 Å². The van der Waals surface area contributed by atoms with E-state index in [1.807, 2.05) is 26.0 Å². The number of likely N-dealkylation sites (tertiary alicyclic amines) is 1. The maximum Gasteiger partial charge on any atom is 0.255 e. The van der Waals surface area contributed by atoms with E-state index >= 15 is 0 Å². The maximum absolute atomic E-state index is 13.2. The lowest BCUT2D eigenvalue weighted by atomic mass is 9.94. The van der Waals surface area contributed by atoms with E-state index in [4.69, 9.17) is 25.1 Å². The van der Waals surface area contributed by atoms with Crippen LogP contribution in [0.2, 0.25) is 0 Å². The van der Waals surface area contributed by atoms with Gasteiger partial charge in [0.25, 0.3) is 5.91 Å². The molecule has 11 heteroatoms. The van der Waals surface area contributed by atoms with Gasteiger partial charge < -0.3 is 24.6 Å². The molecule has 186 valence electrons. The monoisotopic (exact) mass is 489 g/mol. The Kier molecular flexibility index (Phi) is 6.06. The summed E-state index contributed by atoms with van der Waals surface area (Å²) in [5.41, 5.74) is 11.2. The molecule has 1 amide bonds. The Morgan fingerprint density at radius 2 is 2.17 bits per heavy atom. The Bertz CT molecular complexity index is 1500. The number of carbonyl (C=O) groups excluding carboxylic acids is 1. The number of nitrogens with one attached hydrogen (secondary N) is 2. The fourth-order valence-electron chi connectivity index (χ4n) is 4.58. The second kappa shape index (κ2) is 9.34. The molecule has 3 aromatic heterocycles. The van der Waals surface area contributed by atoms with Crippen LogP contribution in [0.3, 0.4) is 0 Å². The number of hydrogen-bond donors (Lipinski definition) is 3. The molecule has 0 spiro atoms. The van der Waals surface area contributed by atoms with Crippen molar-refractivity contribution >= 4 is 34.6 Å². The molecule has 36 heavy (non-hydrogen) atoms. The third-order valence-corrected chi connectivity index (χ3v) is 6.31. The predicted molar refractivity (Wildman–Crippen MR) is 135 cm³/mol. The Balaban J connectivity index is 1.38. The van der Waals surface area contributed by atoms with Gasteiger partial charge in [0.2, 0.25) is 0 Å². The van der Waals surface area contributed by atoms with Gasteiger partial charge in [-0.3, -0.25) is 10.2 Å². The molecule has 1 aromatic carbocycles. The molecule has 4 aromatic rings. The summed E-state index contributed by atoms with van der Waals surface area (Å²) in [5, 5.41) is 12.2. The number of aromatic nitrogens is 2. The highest BCUT2D eigenvalue weighted by atomic mass is 16.6. The van der Waals surface area contributed by atoms with Crippen LogP contribution in [0.15, 0.2) is 46.1 Å². The number of ether oxygens (including phenoxy) is 1. The van der Waals surface area contributed by atoms with Crippen molar-refractivity contribution in [1.29, 1.82) is 5.41 Å². The van der Waals surface area contributed by atoms with E-state index in [2.05, 4.69) is 15.6 Å². The van der Waals surface area contributed by atoms with Crippen molar-refractivity contribution < 1.29 is 18.8 Å². The molecule has 0 unspecified atom stereocenters. The number of nitrogens with two attached hydrogens (primary N) is 1. The highest BCUT2D eigenvalue weighted by molar-refractivity contribution is 5.99. The van der Waals surface area contributed by atoms with E-state index in [9.17, 15) is 4.79 Å². The zero-order valence-corrected chi connectivity index (χ0v) is 20.2. The topological polar surface area (TPSA) is 143 Å². The largest absolute Gasteiger partial charge is 0.457 e. The van der Waals surface area contributed by atoms with Gasteiger partial charge in [-0.25, -0.2) is 9.51 Å². The zero-order valence-electron chi connectivity index (χ0n) is 20.2. The van der Waals surface area contributed by atoms with Gasteiger partial charge in [-0.15, -0.1) is 0 Å². The average Bonchev–Trinajstić information content (AvgIpc) is 3.32. The van der Waals surface area contributed by atoms with Crippen molar-refractivity contribution in [3.05, 3.63) is 53.5 Å². The van der Waals surface area contributed by atoms with Crippen LogP contribution in [0, 0.1) is 25.2 Å². The van der Waals surface area contributed by atoms with Crippen LogP contribution in [-0.2, 0) is 0 Å². The molecule has 11 nitrogen and oxygen atoms in total. The quantitative estimate of drug-likeness (QED) is 0.195. The molecule has 0 bridgehead atoms. The third-order valence-electron chi connectivity index (χ3n) is 6.31. The van der Waals surface area contributed by atoms with Crippen LogP contribution in [0.1, 0.15) is 28.1 Å². The van der Waals surface area contributed by atoms with Crippen molar-refractivity contribution in [2.75, 3.05) is 20.1 Å². The lowest BCUT2D eigenvalue weighted by Crippen LogP contribution is -2.51. The van der Waals surface area contributed by atoms with Gasteiger partial charge in [-0.2, -0.15) is 10.6 Å². The van der Waals surface area contributed by atoms with Gasteiger partial charge in [-0.05, 0) is 31.5 Å². The molecule has 1 saturated heterocycles. The molecule has 5 rings (SSSR count). The minimum absolute atomic E-state index is 0.0627.